The molecule has 0 saturated heterocycles. The molecule has 50 heteroatoms. The number of hydrogen-bond donors (Lipinski definition) is 9. The first kappa shape index (κ1) is 105. The molecule has 15 saturated carbocycles. The number of rotatable bonds is 20. The standard InChI is InChI=1S/2C20H20ClFN6O2.C20H20ClFN6O.C20H19F2N5O2.C19H18F2N6O2.2Na/c2*1-30-20(29)14-9-2-4-10(5-3-9)15(14)25-18-13(21)8-24-19(26-18)16-12-6-11(22)7-23-17(12)28-27-16;1-9(29)15-10-2-4-11(5-3-10)16(15)25-19-14(21)8-24-20(26-19)17-13-6-12(22)7-23-18(13)28-27-17;21-11-5-13-17(26-27-18(13)23-7-11)19-24-8-14(22)15(25-19)6-12-9-1-3-10(4-2-9)16(12)20(28)29;20-10-5-11-15(26-27-16(11)22-6-10)18-23-7-12(21)17(25-18)24-14-9-3-1-8(2-4-9)13(14)19(28)29;;/h2*6-10,14-15H,2-5H2,1H3,(H,23,27,28)(H,24,25,26);6-8,10-11,15-16H,2-5H2,1H3,(H,23,27,28)(H,24,25,26);5,7-10,12,16H,1-4,6H2,(H,28,29)(H,23,26,27);5-9,13-14H,1-4H2,(H,28,29)(H,22,26,27)(H,23,24,25);;/q;;;;;2*+1/p-2/t;;;9?,10?,12?,16-;;;/m...0.../s1. The summed E-state index contributed by atoms with van der Waals surface area (Å²) in [4.78, 5) is 124. The predicted octanol–water partition coefficient (Wildman–Crippen LogP) is 8.91. The van der Waals surface area contributed by atoms with Crippen LogP contribution >= 0.6 is 34.8 Å². The van der Waals surface area contributed by atoms with Crippen LogP contribution < -0.4 is 90.6 Å². The third-order valence-electron chi connectivity index (χ3n) is 31.7. The normalized spacial score (nSPS) is 25.5. The SMILES string of the molecule is CC(=O)C1C2CCC(CC2)C1Nc1nc(-c2[nH]nc3ncc(F)cc23)ncc1Cl.COC(=O)C1C2CCC(CC2)C1Nc1nc(-c2[nH]nc3ncc(F)cc23)ncc1Cl.COC(=O)C1C2CCC(CC2)C1Nc1nc(-c2[nH]nc3ncc(F)cc23)ncc1Cl.O=C([O-])C1C2CCC(CC2)C1Nc1nc(-c2[nH]nc3ncc(F)cc23)ncc1F.O=C([O-])[C@H]1C2CCC(CC2)C1Cc1nc(-c2[nH]nc3ncc(F)cc23)ncc1F.[Na+].[Na+]. The van der Waals surface area contributed by atoms with Crippen molar-refractivity contribution in [2.75, 3.05) is 35.5 Å². The van der Waals surface area contributed by atoms with Crippen molar-refractivity contribution in [2.24, 2.45) is 94.7 Å². The number of hydrogen-bond acceptors (Lipinski definition) is 33. The van der Waals surface area contributed by atoms with Crippen LogP contribution in [0.3, 0.4) is 0 Å². The summed E-state index contributed by atoms with van der Waals surface area (Å²) in [5.41, 5.74) is 3.89. The minimum Gasteiger partial charge on any atom is -0.550 e. The van der Waals surface area contributed by atoms with Crippen LogP contribution in [0.1, 0.15) is 141 Å². The molecule has 15 heterocycles. The smallest absolute Gasteiger partial charge is 0.550 e. The number of nitrogens with zero attached hydrogens (tertiary/aromatic N) is 20. The number of carbonyl (C=O) groups excluding carboxylic acids is 5. The maximum Gasteiger partial charge on any atom is 1.00 e. The van der Waals surface area contributed by atoms with Gasteiger partial charge in [-0.25, -0.2) is 105 Å². The largest absolute Gasteiger partial charge is 1.00 e. The number of aromatic nitrogens is 25. The Morgan fingerprint density at radius 3 is 0.879 bits per heavy atom. The number of aromatic amines is 5. The summed E-state index contributed by atoms with van der Waals surface area (Å²) in [6.07, 6.45) is 32.1. The van der Waals surface area contributed by atoms with Crippen LogP contribution in [-0.4, -0.2) is 194 Å². The van der Waals surface area contributed by atoms with Gasteiger partial charge in [0.25, 0.3) is 0 Å². The fourth-order valence-corrected chi connectivity index (χ4v) is 25.3. The maximum absolute atomic E-state index is 14.5. The second kappa shape index (κ2) is 44.7. The molecule has 0 spiro atoms. The summed E-state index contributed by atoms with van der Waals surface area (Å²) >= 11 is 19.1. The molecule has 15 aromatic rings. The van der Waals surface area contributed by atoms with E-state index in [2.05, 4.69) is 147 Å². The predicted molar refractivity (Wildman–Crippen MR) is 516 cm³/mol. The third-order valence-corrected chi connectivity index (χ3v) is 32.5. The monoisotopic (exact) mass is 2120 g/mol. The number of carboxylic acid groups (broad SMARTS) is 2. The molecule has 9 N–H and O–H groups in total. The number of anilines is 4. The molecule has 10 bridgehead atoms. The van der Waals surface area contributed by atoms with Gasteiger partial charge in [0.2, 0.25) is 0 Å². The molecule has 0 aromatic carbocycles. The van der Waals surface area contributed by atoms with E-state index in [1.54, 1.807) is 6.92 Å². The summed E-state index contributed by atoms with van der Waals surface area (Å²) in [5.74, 6) is -3.01. The zero-order valence-corrected chi connectivity index (χ0v) is 87.2. The Bertz CT molecular complexity index is 6960. The van der Waals surface area contributed by atoms with Gasteiger partial charge in [-0.15, -0.1) is 0 Å². The van der Waals surface area contributed by atoms with E-state index in [9.17, 15) is 64.9 Å². The molecule has 30 rings (SSSR count). The van der Waals surface area contributed by atoms with Crippen molar-refractivity contribution >= 4 is 143 Å². The Morgan fingerprint density at radius 2 is 0.570 bits per heavy atom. The zero-order chi connectivity index (χ0) is 102. The first-order valence-electron chi connectivity index (χ1n) is 48.9. The molecular weight excluding hydrogens is 2020 g/mol. The van der Waals surface area contributed by atoms with Crippen molar-refractivity contribution in [1.82, 2.24) is 126 Å². The van der Waals surface area contributed by atoms with Crippen molar-refractivity contribution in [3.63, 3.8) is 0 Å². The molecule has 15 aromatic heterocycles. The number of methoxy groups -OCH3 is 2. The summed E-state index contributed by atoms with van der Waals surface area (Å²) in [5, 5.41) is 74.2. The third kappa shape index (κ3) is 21.4. The van der Waals surface area contributed by atoms with E-state index >= 15 is 0 Å². The van der Waals surface area contributed by atoms with Crippen LogP contribution in [0.4, 0.5) is 54.0 Å². The van der Waals surface area contributed by atoms with Crippen molar-refractivity contribution in [3.8, 4) is 57.6 Å². The number of ether oxygens (including phenoxy) is 2. The van der Waals surface area contributed by atoms with Gasteiger partial charge in [-0.05, 0) is 237 Å². The number of carbonyl (C=O) groups is 5. The maximum atomic E-state index is 14.5. The fraction of sp³-hybridized carbons (Fsp3) is 0.444. The molecule has 9 unspecified atom stereocenters. The van der Waals surface area contributed by atoms with Crippen LogP contribution in [0.5, 0.6) is 0 Å². The first-order chi connectivity index (χ1) is 71.1. The minimum absolute atomic E-state index is 0. The number of Topliss-reactive ketones (excluding diaryl/α,β-unsaturated/α-hetero) is 1. The summed E-state index contributed by atoms with van der Waals surface area (Å²) < 4.78 is 107. The molecule has 0 aliphatic heterocycles. The van der Waals surface area contributed by atoms with Gasteiger partial charge in [0.15, 0.2) is 74.8 Å². The van der Waals surface area contributed by atoms with E-state index in [-0.39, 0.29) is 178 Å². The van der Waals surface area contributed by atoms with Crippen molar-refractivity contribution < 1.29 is 134 Å². The van der Waals surface area contributed by atoms with Gasteiger partial charge >= 0.3 is 71.1 Å². The van der Waals surface area contributed by atoms with E-state index in [1.807, 2.05) is 0 Å². The van der Waals surface area contributed by atoms with Gasteiger partial charge in [0.05, 0.1) is 121 Å². The number of carboxylic acids is 2. The Hall–Kier alpha value is -12.4. The van der Waals surface area contributed by atoms with Crippen LogP contribution in [-0.2, 0) is 39.9 Å². The topological polar surface area (TPSA) is 535 Å². The Labute approximate surface area is 902 Å². The Kier molecular flexibility index (Phi) is 31.5. The second-order valence-corrected chi connectivity index (χ2v) is 40.7. The van der Waals surface area contributed by atoms with Gasteiger partial charge in [-0.2, -0.15) is 25.5 Å². The molecule has 0 radical (unpaired) electrons. The molecule has 38 nitrogen and oxygen atoms in total. The average Bonchev–Trinajstić information content (AvgIpc) is 1.61. The van der Waals surface area contributed by atoms with E-state index in [1.165, 1.54) is 63.1 Å². The molecule has 15 aliphatic rings. The molecule has 762 valence electrons. The Morgan fingerprint density at radius 1 is 0.322 bits per heavy atom. The molecule has 15 fully saturated rings. The molecule has 149 heavy (non-hydrogen) atoms. The zero-order valence-electron chi connectivity index (χ0n) is 81.0. The molecule has 15 aliphatic carbocycles. The summed E-state index contributed by atoms with van der Waals surface area (Å²) in [6, 6.07) is 5.86. The van der Waals surface area contributed by atoms with Crippen molar-refractivity contribution in [1.29, 1.82) is 0 Å². The van der Waals surface area contributed by atoms with Gasteiger partial charge in [0, 0.05) is 53.9 Å². The van der Waals surface area contributed by atoms with Gasteiger partial charge < -0.3 is 50.5 Å². The minimum atomic E-state index is -1.12. The van der Waals surface area contributed by atoms with E-state index in [0.29, 0.717) is 163 Å². The van der Waals surface area contributed by atoms with Crippen molar-refractivity contribution in [2.45, 2.75) is 166 Å². The molecular formula is C99H95Cl3F7N29Na2O9. The number of H-pyrrole nitrogens is 5. The number of nitrogens with one attached hydrogen (secondary N) is 9. The number of pyridine rings is 5. The first-order valence-corrected chi connectivity index (χ1v) is 50.0. The van der Waals surface area contributed by atoms with Gasteiger partial charge in [-0.3, -0.25) is 39.9 Å². The van der Waals surface area contributed by atoms with Gasteiger partial charge in [-0.1, -0.05) is 34.8 Å². The molecule has 10 atom stereocenters. The number of aliphatic carboxylic acids is 2. The van der Waals surface area contributed by atoms with E-state index < -0.39 is 70.5 Å². The van der Waals surface area contributed by atoms with Crippen LogP contribution in [0.2, 0.25) is 15.1 Å². The van der Waals surface area contributed by atoms with E-state index in [0.717, 1.165) is 172 Å². The van der Waals surface area contributed by atoms with Crippen LogP contribution in [0.15, 0.2) is 92.3 Å². The quantitative estimate of drug-likeness (QED) is 0.0195. The summed E-state index contributed by atoms with van der Waals surface area (Å²) in [6.45, 7) is 1.67. The van der Waals surface area contributed by atoms with Crippen molar-refractivity contribution in [3.05, 3.63) is 154 Å². The number of esters is 2. The van der Waals surface area contributed by atoms with Crippen LogP contribution in [0.25, 0.3) is 113 Å². The second-order valence-electron chi connectivity index (χ2n) is 39.5. The van der Waals surface area contributed by atoms with E-state index in [4.69, 9.17) is 44.3 Å². The number of fused-ring (bicyclic) bond motifs is 20. The fourth-order valence-electron chi connectivity index (χ4n) is 24.8. The Balaban J connectivity index is 0.000000117. The molecule has 0 amide bonds. The van der Waals surface area contributed by atoms with Crippen LogP contribution in [0, 0.1) is 135 Å². The average molecular weight is 2120 g/mol. The van der Waals surface area contributed by atoms with Gasteiger partial charge in [0.1, 0.15) is 95.9 Å². The number of halogens is 10. The number of ketones is 1. The summed E-state index contributed by atoms with van der Waals surface area (Å²) in [7, 11) is 2.85.